The fourth-order valence-electron chi connectivity index (χ4n) is 2.25. The van der Waals surface area contributed by atoms with Crippen LogP contribution in [0.2, 0.25) is 0 Å². The zero-order chi connectivity index (χ0) is 16.7. The summed E-state index contributed by atoms with van der Waals surface area (Å²) in [4.78, 5) is 12.1. The molecule has 1 heterocycles. The molecule has 0 saturated carbocycles. The SMILES string of the molecule is CCC[C@@H](C)NC(=O)c1cc(COc2ccccc2OC)[nH]n1. The summed E-state index contributed by atoms with van der Waals surface area (Å²) in [6, 6.07) is 9.24. The van der Waals surface area contributed by atoms with E-state index in [1.165, 1.54) is 0 Å². The van der Waals surface area contributed by atoms with Gasteiger partial charge in [-0.2, -0.15) is 5.10 Å². The molecule has 0 aliphatic heterocycles. The number of ether oxygens (including phenoxy) is 2. The molecule has 1 amide bonds. The molecule has 0 spiro atoms. The highest BCUT2D eigenvalue weighted by Crippen LogP contribution is 2.26. The molecule has 2 aromatic rings. The van der Waals surface area contributed by atoms with E-state index in [1.54, 1.807) is 13.2 Å². The molecule has 1 aromatic carbocycles. The Morgan fingerprint density at radius 3 is 2.78 bits per heavy atom. The van der Waals surface area contributed by atoms with Crippen LogP contribution in [0.15, 0.2) is 30.3 Å². The molecule has 1 aromatic heterocycles. The van der Waals surface area contributed by atoms with E-state index < -0.39 is 0 Å². The van der Waals surface area contributed by atoms with Gasteiger partial charge in [-0.1, -0.05) is 25.5 Å². The van der Waals surface area contributed by atoms with Crippen molar-refractivity contribution in [3.63, 3.8) is 0 Å². The fourth-order valence-corrected chi connectivity index (χ4v) is 2.25. The Hall–Kier alpha value is -2.50. The summed E-state index contributed by atoms with van der Waals surface area (Å²) in [7, 11) is 1.60. The van der Waals surface area contributed by atoms with Crippen molar-refractivity contribution in [2.24, 2.45) is 0 Å². The molecule has 23 heavy (non-hydrogen) atoms. The second-order valence-corrected chi connectivity index (χ2v) is 5.38. The van der Waals surface area contributed by atoms with E-state index in [2.05, 4.69) is 22.4 Å². The van der Waals surface area contributed by atoms with Crippen molar-refractivity contribution in [1.29, 1.82) is 0 Å². The van der Waals surface area contributed by atoms with Gasteiger partial charge in [0.15, 0.2) is 11.5 Å². The van der Waals surface area contributed by atoms with Crippen LogP contribution < -0.4 is 14.8 Å². The van der Waals surface area contributed by atoms with Crippen LogP contribution in [-0.2, 0) is 6.61 Å². The molecule has 6 heteroatoms. The Bertz CT molecular complexity index is 640. The van der Waals surface area contributed by atoms with Crippen molar-refractivity contribution in [3.8, 4) is 11.5 Å². The maximum atomic E-state index is 12.1. The lowest BCUT2D eigenvalue weighted by Gasteiger charge is -2.10. The van der Waals surface area contributed by atoms with Gasteiger partial charge in [0.25, 0.3) is 5.91 Å². The molecule has 0 unspecified atom stereocenters. The minimum atomic E-state index is -0.175. The van der Waals surface area contributed by atoms with Crippen LogP contribution in [0.1, 0.15) is 42.9 Å². The first-order valence-electron chi connectivity index (χ1n) is 7.75. The molecule has 0 radical (unpaired) electrons. The largest absolute Gasteiger partial charge is 0.493 e. The fraction of sp³-hybridized carbons (Fsp3) is 0.412. The van der Waals surface area contributed by atoms with Crippen LogP contribution >= 0.6 is 0 Å². The van der Waals surface area contributed by atoms with Crippen molar-refractivity contribution in [1.82, 2.24) is 15.5 Å². The number of carbonyl (C=O) groups excluding carboxylic acids is 1. The summed E-state index contributed by atoms with van der Waals surface area (Å²) in [5.74, 6) is 1.14. The zero-order valence-electron chi connectivity index (χ0n) is 13.8. The highest BCUT2D eigenvalue weighted by molar-refractivity contribution is 5.92. The third-order valence-corrected chi connectivity index (χ3v) is 3.41. The number of rotatable bonds is 8. The summed E-state index contributed by atoms with van der Waals surface area (Å²) in [5, 5.41) is 9.78. The number of H-pyrrole nitrogens is 1. The molecule has 0 saturated heterocycles. The maximum Gasteiger partial charge on any atom is 0.271 e. The van der Waals surface area contributed by atoms with Gasteiger partial charge in [-0.05, 0) is 31.5 Å². The van der Waals surface area contributed by atoms with E-state index in [9.17, 15) is 4.79 Å². The van der Waals surface area contributed by atoms with Gasteiger partial charge in [-0.25, -0.2) is 0 Å². The number of benzene rings is 1. The molecule has 2 N–H and O–H groups in total. The number of amides is 1. The van der Waals surface area contributed by atoms with Gasteiger partial charge < -0.3 is 14.8 Å². The molecular weight excluding hydrogens is 294 g/mol. The maximum absolute atomic E-state index is 12.1. The van der Waals surface area contributed by atoms with E-state index in [1.807, 2.05) is 31.2 Å². The number of aromatic nitrogens is 2. The average molecular weight is 317 g/mol. The summed E-state index contributed by atoms with van der Waals surface area (Å²) in [6.45, 7) is 4.36. The lowest BCUT2D eigenvalue weighted by Crippen LogP contribution is -2.32. The predicted octanol–water partition coefficient (Wildman–Crippen LogP) is 2.92. The average Bonchev–Trinajstić information content (AvgIpc) is 3.02. The highest BCUT2D eigenvalue weighted by Gasteiger charge is 2.13. The molecule has 0 bridgehead atoms. The van der Waals surface area contributed by atoms with Crippen molar-refractivity contribution >= 4 is 5.91 Å². The van der Waals surface area contributed by atoms with E-state index >= 15 is 0 Å². The molecule has 0 aliphatic rings. The second kappa shape index (κ2) is 8.22. The normalized spacial score (nSPS) is 11.8. The van der Waals surface area contributed by atoms with E-state index in [-0.39, 0.29) is 18.6 Å². The Kier molecular flexibility index (Phi) is 6.02. The Labute approximate surface area is 136 Å². The quantitative estimate of drug-likeness (QED) is 0.785. The lowest BCUT2D eigenvalue weighted by molar-refractivity contribution is 0.0933. The van der Waals surface area contributed by atoms with Crippen LogP contribution in [0.5, 0.6) is 11.5 Å². The van der Waals surface area contributed by atoms with Crippen LogP contribution in [0.3, 0.4) is 0 Å². The summed E-state index contributed by atoms with van der Waals surface area (Å²) in [5.41, 5.74) is 1.09. The summed E-state index contributed by atoms with van der Waals surface area (Å²) < 4.78 is 10.9. The molecular formula is C17H23N3O3. The van der Waals surface area contributed by atoms with Gasteiger partial charge in [0.2, 0.25) is 0 Å². The summed E-state index contributed by atoms with van der Waals surface area (Å²) >= 11 is 0. The highest BCUT2D eigenvalue weighted by atomic mass is 16.5. The van der Waals surface area contributed by atoms with Crippen LogP contribution in [0.4, 0.5) is 0 Å². The number of hydrogen-bond donors (Lipinski definition) is 2. The van der Waals surface area contributed by atoms with Crippen molar-refractivity contribution in [2.75, 3.05) is 7.11 Å². The first kappa shape index (κ1) is 16.9. The lowest BCUT2D eigenvalue weighted by atomic mass is 10.2. The van der Waals surface area contributed by atoms with E-state index in [0.717, 1.165) is 18.5 Å². The van der Waals surface area contributed by atoms with Crippen molar-refractivity contribution in [3.05, 3.63) is 41.7 Å². The smallest absolute Gasteiger partial charge is 0.271 e. The Morgan fingerprint density at radius 2 is 2.09 bits per heavy atom. The van der Waals surface area contributed by atoms with Crippen LogP contribution in [0, 0.1) is 0 Å². The molecule has 0 aliphatic carbocycles. The van der Waals surface area contributed by atoms with Gasteiger partial charge in [0.1, 0.15) is 12.3 Å². The molecule has 2 rings (SSSR count). The Morgan fingerprint density at radius 1 is 1.35 bits per heavy atom. The van der Waals surface area contributed by atoms with Crippen molar-refractivity contribution < 1.29 is 14.3 Å². The number of hydrogen-bond acceptors (Lipinski definition) is 4. The first-order chi connectivity index (χ1) is 11.1. The van der Waals surface area contributed by atoms with E-state index in [4.69, 9.17) is 9.47 Å². The van der Waals surface area contributed by atoms with Crippen molar-refractivity contribution in [2.45, 2.75) is 39.3 Å². The summed E-state index contributed by atoms with van der Waals surface area (Å²) in [6.07, 6.45) is 1.97. The number of para-hydroxylation sites is 2. The van der Waals surface area contributed by atoms with Gasteiger partial charge >= 0.3 is 0 Å². The third kappa shape index (κ3) is 4.74. The molecule has 1 atom stereocenters. The minimum Gasteiger partial charge on any atom is -0.493 e. The topological polar surface area (TPSA) is 76.2 Å². The first-order valence-corrected chi connectivity index (χ1v) is 7.75. The zero-order valence-corrected chi connectivity index (χ0v) is 13.8. The molecule has 0 fully saturated rings. The second-order valence-electron chi connectivity index (χ2n) is 5.38. The third-order valence-electron chi connectivity index (χ3n) is 3.41. The van der Waals surface area contributed by atoms with Crippen LogP contribution in [0.25, 0.3) is 0 Å². The minimum absolute atomic E-state index is 0.137. The van der Waals surface area contributed by atoms with Gasteiger partial charge in [0, 0.05) is 6.04 Å². The van der Waals surface area contributed by atoms with Crippen LogP contribution in [-0.4, -0.2) is 29.3 Å². The number of nitrogens with one attached hydrogen (secondary N) is 2. The van der Waals surface area contributed by atoms with E-state index in [0.29, 0.717) is 17.2 Å². The number of aromatic amines is 1. The monoisotopic (exact) mass is 317 g/mol. The molecule has 124 valence electrons. The standard InChI is InChI=1S/C17H23N3O3/c1-4-7-12(2)18-17(21)14-10-13(19-20-14)11-23-16-9-6-5-8-15(16)22-3/h5-6,8-10,12H,4,7,11H2,1-3H3,(H,18,21)(H,19,20)/t12-/m1/s1. The van der Waals surface area contributed by atoms with Gasteiger partial charge in [-0.15, -0.1) is 0 Å². The van der Waals surface area contributed by atoms with Gasteiger partial charge in [0.05, 0.1) is 12.8 Å². The van der Waals surface area contributed by atoms with Gasteiger partial charge in [-0.3, -0.25) is 9.89 Å². The predicted molar refractivity (Wildman–Crippen MR) is 87.7 cm³/mol. The molecule has 6 nitrogen and oxygen atoms in total. The Balaban J connectivity index is 1.93. The number of nitrogens with zero attached hydrogens (tertiary/aromatic N) is 1. The number of methoxy groups -OCH3 is 1. The number of carbonyl (C=O) groups is 1.